The van der Waals surface area contributed by atoms with Crippen molar-refractivity contribution in [2.45, 2.75) is 32.4 Å². The Morgan fingerprint density at radius 2 is 1.82 bits per heavy atom. The number of hydrogen-bond donors (Lipinski definition) is 2. The molecule has 33 heavy (non-hydrogen) atoms. The zero-order valence-corrected chi connectivity index (χ0v) is 19.7. The number of carbonyl (C=O) groups excluding carboxylic acids is 2. The van der Waals surface area contributed by atoms with E-state index in [1.54, 1.807) is 30.3 Å². The minimum Gasteiger partial charge on any atom is -0.496 e. The van der Waals surface area contributed by atoms with Crippen molar-refractivity contribution in [2.24, 2.45) is 11.8 Å². The summed E-state index contributed by atoms with van der Waals surface area (Å²) < 4.78 is 11.0. The van der Waals surface area contributed by atoms with Gasteiger partial charge in [-0.1, -0.05) is 23.7 Å². The summed E-state index contributed by atoms with van der Waals surface area (Å²) >= 11 is 6.24. The minimum atomic E-state index is -1.66. The van der Waals surface area contributed by atoms with E-state index in [0.717, 1.165) is 10.5 Å². The third-order valence-corrected chi connectivity index (χ3v) is 7.20. The van der Waals surface area contributed by atoms with Crippen LogP contribution in [0.2, 0.25) is 5.02 Å². The molecule has 9 heteroatoms. The number of aliphatic carboxylic acids is 1. The second-order valence-electron chi connectivity index (χ2n) is 8.59. The van der Waals surface area contributed by atoms with Gasteiger partial charge in [0.1, 0.15) is 17.0 Å². The number of fused-ring (bicyclic) bond motifs is 1. The number of nitrogens with one attached hydrogen (secondary N) is 1. The van der Waals surface area contributed by atoms with Gasteiger partial charge >= 0.3 is 5.97 Å². The Balaban J connectivity index is 1.87. The van der Waals surface area contributed by atoms with Crippen LogP contribution >= 0.6 is 11.6 Å². The first-order valence-electron chi connectivity index (χ1n) is 10.4. The summed E-state index contributed by atoms with van der Waals surface area (Å²) in [6.07, 6.45) is 0. The minimum absolute atomic E-state index is 0.319. The van der Waals surface area contributed by atoms with Crippen LogP contribution in [0.4, 0.5) is 5.69 Å². The van der Waals surface area contributed by atoms with Gasteiger partial charge < -0.3 is 14.6 Å². The molecule has 0 spiro atoms. The molecule has 2 fully saturated rings. The van der Waals surface area contributed by atoms with Gasteiger partial charge in [-0.15, -0.1) is 0 Å². The fourth-order valence-electron chi connectivity index (χ4n) is 5.01. The summed E-state index contributed by atoms with van der Waals surface area (Å²) in [7, 11) is 3.03. The summed E-state index contributed by atoms with van der Waals surface area (Å²) in [6, 6.07) is 7.60. The van der Waals surface area contributed by atoms with E-state index in [-0.39, 0.29) is 0 Å². The Morgan fingerprint density at radius 1 is 1.12 bits per heavy atom. The number of carboxylic acid groups (broad SMARTS) is 1. The van der Waals surface area contributed by atoms with Crippen molar-refractivity contribution < 1.29 is 29.0 Å². The van der Waals surface area contributed by atoms with E-state index in [9.17, 15) is 19.5 Å². The van der Waals surface area contributed by atoms with Crippen molar-refractivity contribution in [1.82, 2.24) is 5.32 Å². The third kappa shape index (κ3) is 3.28. The van der Waals surface area contributed by atoms with Crippen molar-refractivity contribution in [3.8, 4) is 11.5 Å². The van der Waals surface area contributed by atoms with Crippen molar-refractivity contribution in [2.75, 3.05) is 19.1 Å². The van der Waals surface area contributed by atoms with Gasteiger partial charge in [0, 0.05) is 22.2 Å². The van der Waals surface area contributed by atoms with Gasteiger partial charge in [-0.05, 0) is 44.5 Å². The number of ether oxygens (including phenoxy) is 2. The van der Waals surface area contributed by atoms with Crippen LogP contribution in [-0.2, 0) is 14.4 Å². The number of carbonyl (C=O) groups is 3. The van der Waals surface area contributed by atoms with Crippen LogP contribution in [0.3, 0.4) is 0 Å². The first-order chi connectivity index (χ1) is 15.6. The van der Waals surface area contributed by atoms with Gasteiger partial charge in [0.15, 0.2) is 0 Å². The van der Waals surface area contributed by atoms with Crippen LogP contribution in [0, 0.1) is 25.7 Å². The molecule has 8 nitrogen and oxygen atoms in total. The Kier molecular flexibility index (Phi) is 5.62. The van der Waals surface area contributed by atoms with Crippen molar-refractivity contribution >= 4 is 35.1 Å². The van der Waals surface area contributed by atoms with Crippen LogP contribution in [0.15, 0.2) is 30.3 Å². The smallest absolute Gasteiger partial charge is 0.324 e. The van der Waals surface area contributed by atoms with E-state index in [1.807, 2.05) is 13.8 Å². The predicted molar refractivity (Wildman–Crippen MR) is 122 cm³/mol. The van der Waals surface area contributed by atoms with Crippen molar-refractivity contribution in [1.29, 1.82) is 0 Å². The molecule has 2 aliphatic rings. The Morgan fingerprint density at radius 3 is 2.39 bits per heavy atom. The molecular weight excluding hydrogens is 448 g/mol. The topological polar surface area (TPSA) is 105 Å². The summed E-state index contributed by atoms with van der Waals surface area (Å²) in [5.41, 5.74) is 0.747. The normalized spacial score (nSPS) is 26.5. The molecular formula is C24H25ClN2O6. The van der Waals surface area contributed by atoms with Crippen LogP contribution in [0.5, 0.6) is 11.5 Å². The third-order valence-electron chi connectivity index (χ3n) is 6.79. The molecule has 2 N–H and O–H groups in total. The number of anilines is 1. The predicted octanol–water partition coefficient (Wildman–Crippen LogP) is 3.27. The fourth-order valence-corrected chi connectivity index (χ4v) is 5.18. The Labute approximate surface area is 196 Å². The number of hydrogen-bond acceptors (Lipinski definition) is 6. The molecule has 2 aromatic carbocycles. The number of halogens is 1. The molecule has 0 radical (unpaired) electrons. The average molecular weight is 473 g/mol. The molecule has 0 aromatic heterocycles. The highest BCUT2D eigenvalue weighted by atomic mass is 35.5. The maximum Gasteiger partial charge on any atom is 0.324 e. The highest BCUT2D eigenvalue weighted by Crippen LogP contribution is 2.52. The average Bonchev–Trinajstić information content (AvgIpc) is 3.23. The van der Waals surface area contributed by atoms with E-state index < -0.39 is 41.2 Å². The Bertz CT molecular complexity index is 1180. The second-order valence-corrected chi connectivity index (χ2v) is 9.00. The van der Waals surface area contributed by atoms with E-state index >= 15 is 0 Å². The van der Waals surface area contributed by atoms with Crippen LogP contribution in [0.1, 0.15) is 29.7 Å². The zero-order valence-electron chi connectivity index (χ0n) is 18.9. The second kappa shape index (κ2) is 8.04. The number of methoxy groups -OCH3 is 2. The van der Waals surface area contributed by atoms with Gasteiger partial charge in [-0.3, -0.25) is 19.7 Å². The quantitative estimate of drug-likeness (QED) is 0.643. The maximum absolute atomic E-state index is 13.7. The highest BCUT2D eigenvalue weighted by Gasteiger charge is 2.67. The molecule has 2 aliphatic heterocycles. The summed E-state index contributed by atoms with van der Waals surface area (Å²) in [5.74, 6) is -3.26. The fraction of sp³-hybridized carbons (Fsp3) is 0.375. The first-order valence-corrected chi connectivity index (χ1v) is 10.8. The highest BCUT2D eigenvalue weighted by molar-refractivity contribution is 6.32. The number of carboxylic acids is 1. The van der Waals surface area contributed by atoms with Crippen LogP contribution in [-0.4, -0.2) is 42.6 Å². The van der Waals surface area contributed by atoms with Crippen LogP contribution < -0.4 is 19.7 Å². The molecule has 4 atom stereocenters. The molecule has 0 bridgehead atoms. The number of nitrogens with zero attached hydrogens (tertiary/aromatic N) is 1. The first kappa shape index (κ1) is 23.1. The monoisotopic (exact) mass is 472 g/mol. The van der Waals surface area contributed by atoms with Crippen LogP contribution in [0.25, 0.3) is 0 Å². The van der Waals surface area contributed by atoms with Gasteiger partial charge in [-0.25, -0.2) is 4.90 Å². The molecule has 2 heterocycles. The lowest BCUT2D eigenvalue weighted by molar-refractivity contribution is -0.147. The molecule has 0 saturated carbocycles. The number of benzene rings is 2. The largest absolute Gasteiger partial charge is 0.496 e. The van der Waals surface area contributed by atoms with Crippen molar-refractivity contribution in [3.63, 3.8) is 0 Å². The molecule has 2 amide bonds. The molecule has 0 aliphatic carbocycles. The molecule has 4 unspecified atom stereocenters. The Hall–Kier alpha value is -3.10. The summed E-state index contributed by atoms with van der Waals surface area (Å²) in [6.45, 7) is 5.06. The molecule has 174 valence electrons. The summed E-state index contributed by atoms with van der Waals surface area (Å²) in [5, 5.41) is 13.5. The van der Waals surface area contributed by atoms with E-state index in [1.165, 1.54) is 21.1 Å². The maximum atomic E-state index is 13.7. The number of rotatable bonds is 5. The molecule has 2 aromatic rings. The number of aryl methyl sites for hydroxylation is 1. The zero-order chi connectivity index (χ0) is 24.2. The number of amides is 2. The van der Waals surface area contributed by atoms with Gasteiger partial charge in [0.25, 0.3) is 0 Å². The lowest BCUT2D eigenvalue weighted by atomic mass is 9.80. The van der Waals surface area contributed by atoms with E-state index in [2.05, 4.69) is 5.32 Å². The van der Waals surface area contributed by atoms with Gasteiger partial charge in [0.05, 0.1) is 31.7 Å². The van der Waals surface area contributed by atoms with Gasteiger partial charge in [-0.2, -0.15) is 0 Å². The van der Waals surface area contributed by atoms with Crippen molar-refractivity contribution in [3.05, 3.63) is 52.0 Å². The standard InChI is InChI=1S/C24H25ClN2O6/c1-11-6-7-13(10-15(11)25)27-21(28)17-18(22(27)29)24(3,23(30)31)26-19(17)14-8-9-16(32-4)12(2)20(14)33-5/h6-10,17-19,26H,1-5H3,(H,30,31). The van der Waals surface area contributed by atoms with Gasteiger partial charge in [0.2, 0.25) is 11.8 Å². The molecule has 2 saturated heterocycles. The summed E-state index contributed by atoms with van der Waals surface area (Å²) in [4.78, 5) is 40.6. The van der Waals surface area contributed by atoms with E-state index in [0.29, 0.717) is 33.3 Å². The number of imide groups is 1. The lowest BCUT2D eigenvalue weighted by Crippen LogP contribution is -2.53. The SMILES string of the molecule is COc1ccc(C2NC(C)(C(=O)O)C3C(=O)N(c4ccc(C)c(Cl)c4)C(=O)C23)c(OC)c1C. The van der Waals surface area contributed by atoms with E-state index in [4.69, 9.17) is 21.1 Å². The molecule has 4 rings (SSSR count). The lowest BCUT2D eigenvalue weighted by Gasteiger charge is -2.28.